The van der Waals surface area contributed by atoms with Crippen molar-refractivity contribution in [2.24, 2.45) is 16.6 Å². The van der Waals surface area contributed by atoms with Gasteiger partial charge >= 0.3 is 0 Å². The van der Waals surface area contributed by atoms with E-state index in [1.54, 1.807) is 0 Å². The molecular formula is C17H24N2O. The average molecular weight is 272 g/mol. The Kier molecular flexibility index (Phi) is 3.34. The Hall–Kier alpha value is -1.53. The van der Waals surface area contributed by atoms with E-state index in [0.717, 1.165) is 22.4 Å². The van der Waals surface area contributed by atoms with Crippen LogP contribution in [0.3, 0.4) is 0 Å². The number of hydrogen-bond acceptors (Lipinski definition) is 3. The quantitative estimate of drug-likeness (QED) is 0.898. The number of rotatable bonds is 2. The molecular weight excluding hydrogens is 248 g/mol. The summed E-state index contributed by atoms with van der Waals surface area (Å²) in [6.07, 6.45) is 0.0803. The summed E-state index contributed by atoms with van der Waals surface area (Å²) in [5.41, 5.74) is 8.83. The molecule has 2 rings (SSSR count). The minimum Gasteiger partial charge on any atom is -0.489 e. The highest BCUT2D eigenvalue weighted by molar-refractivity contribution is 5.48. The van der Waals surface area contributed by atoms with E-state index in [1.165, 1.54) is 0 Å². The largest absolute Gasteiger partial charge is 0.489 e. The van der Waals surface area contributed by atoms with Crippen molar-refractivity contribution in [3.05, 3.63) is 28.8 Å². The third-order valence-corrected chi connectivity index (χ3v) is 4.83. The smallest absolute Gasteiger partial charge is 0.120 e. The van der Waals surface area contributed by atoms with Crippen molar-refractivity contribution in [2.45, 2.75) is 53.7 Å². The van der Waals surface area contributed by atoms with Gasteiger partial charge in [0.2, 0.25) is 0 Å². The molecule has 1 saturated carbocycles. The zero-order chi connectivity index (χ0) is 15.3. The van der Waals surface area contributed by atoms with Crippen LogP contribution in [0.25, 0.3) is 0 Å². The minimum absolute atomic E-state index is 0.0425. The van der Waals surface area contributed by atoms with Crippen LogP contribution in [0.5, 0.6) is 5.75 Å². The zero-order valence-electron chi connectivity index (χ0n) is 13.2. The van der Waals surface area contributed by atoms with E-state index >= 15 is 0 Å². The fourth-order valence-corrected chi connectivity index (χ4v) is 3.76. The Bertz CT molecular complexity index is 542. The van der Waals surface area contributed by atoms with Gasteiger partial charge < -0.3 is 10.5 Å². The van der Waals surface area contributed by atoms with Crippen LogP contribution >= 0.6 is 0 Å². The average Bonchev–Trinajstić information content (AvgIpc) is 2.34. The third kappa shape index (κ3) is 1.99. The Morgan fingerprint density at radius 2 is 1.55 bits per heavy atom. The van der Waals surface area contributed by atoms with Gasteiger partial charge in [-0.25, -0.2) is 0 Å². The molecule has 1 aliphatic rings. The Morgan fingerprint density at radius 3 is 1.95 bits per heavy atom. The summed E-state index contributed by atoms with van der Waals surface area (Å²) >= 11 is 0. The van der Waals surface area contributed by atoms with Crippen LogP contribution in [-0.4, -0.2) is 12.1 Å². The Balaban J connectivity index is 2.30. The van der Waals surface area contributed by atoms with Crippen LogP contribution in [0.15, 0.2) is 12.1 Å². The predicted octanol–water partition coefficient (Wildman–Crippen LogP) is 3.32. The summed E-state index contributed by atoms with van der Waals surface area (Å²) in [5.74, 6) is 0.831. The normalized spacial score (nSPS) is 26.5. The maximum Gasteiger partial charge on any atom is 0.120 e. The molecule has 0 heterocycles. The van der Waals surface area contributed by atoms with Gasteiger partial charge in [-0.2, -0.15) is 5.26 Å². The van der Waals surface area contributed by atoms with Crippen LogP contribution in [0.1, 0.15) is 44.4 Å². The molecule has 1 aromatic carbocycles. The number of ether oxygens (including phenoxy) is 1. The lowest BCUT2D eigenvalue weighted by Crippen LogP contribution is -2.72. The second-order valence-electron chi connectivity index (χ2n) is 7.16. The molecule has 3 heteroatoms. The minimum atomic E-state index is -0.0425. The number of benzene rings is 1. The van der Waals surface area contributed by atoms with Gasteiger partial charge in [-0.1, -0.05) is 27.7 Å². The second kappa shape index (κ2) is 4.49. The Morgan fingerprint density at radius 1 is 1.10 bits per heavy atom. The number of nitriles is 1. The molecule has 0 atom stereocenters. The number of nitrogens with zero attached hydrogens (tertiary/aromatic N) is 1. The molecule has 0 aliphatic heterocycles. The summed E-state index contributed by atoms with van der Waals surface area (Å²) in [4.78, 5) is 0. The standard InChI is InChI=1S/C17H24N2O/c1-10-7-12(8-11(2)13(10)9-18)20-15-16(3,4)14(19)17(15,5)6/h7-8,14-15H,19H2,1-6H3. The molecule has 0 spiro atoms. The number of aryl methyl sites for hydroxylation is 2. The van der Waals surface area contributed by atoms with Gasteiger partial charge in [0.1, 0.15) is 11.9 Å². The van der Waals surface area contributed by atoms with E-state index in [-0.39, 0.29) is 23.0 Å². The van der Waals surface area contributed by atoms with E-state index in [1.807, 2.05) is 26.0 Å². The lowest BCUT2D eigenvalue weighted by Gasteiger charge is -2.61. The molecule has 0 bridgehead atoms. The van der Waals surface area contributed by atoms with Crippen molar-refractivity contribution in [1.29, 1.82) is 5.26 Å². The van der Waals surface area contributed by atoms with Crippen LogP contribution in [-0.2, 0) is 0 Å². The molecule has 2 N–H and O–H groups in total. The summed E-state index contributed by atoms with van der Waals surface area (Å²) in [6, 6.07) is 6.25. The highest BCUT2D eigenvalue weighted by Gasteiger charge is 2.61. The SMILES string of the molecule is Cc1cc(OC2C(C)(C)C(N)C2(C)C)cc(C)c1C#N. The first-order valence-electron chi connectivity index (χ1n) is 7.06. The van der Waals surface area contributed by atoms with Gasteiger partial charge in [0.25, 0.3) is 0 Å². The number of hydrogen-bond donors (Lipinski definition) is 1. The molecule has 0 saturated heterocycles. The van der Waals surface area contributed by atoms with Gasteiger partial charge in [0.15, 0.2) is 0 Å². The van der Waals surface area contributed by atoms with E-state index in [4.69, 9.17) is 15.7 Å². The predicted molar refractivity (Wildman–Crippen MR) is 80.6 cm³/mol. The van der Waals surface area contributed by atoms with Crippen molar-refractivity contribution >= 4 is 0 Å². The number of nitrogens with two attached hydrogens (primary N) is 1. The summed E-state index contributed by atoms with van der Waals surface area (Å²) in [6.45, 7) is 12.5. The van der Waals surface area contributed by atoms with E-state index < -0.39 is 0 Å². The third-order valence-electron chi connectivity index (χ3n) is 4.83. The van der Waals surface area contributed by atoms with E-state index in [9.17, 15) is 0 Å². The lowest BCUT2D eigenvalue weighted by atomic mass is 9.50. The van der Waals surface area contributed by atoms with Crippen LogP contribution in [0.4, 0.5) is 0 Å². The molecule has 0 unspecified atom stereocenters. The molecule has 0 aromatic heterocycles. The Labute approximate surface area is 121 Å². The van der Waals surface area contributed by atoms with Crippen LogP contribution in [0, 0.1) is 36.0 Å². The molecule has 3 nitrogen and oxygen atoms in total. The van der Waals surface area contributed by atoms with Crippen molar-refractivity contribution in [2.75, 3.05) is 0 Å². The van der Waals surface area contributed by atoms with Gasteiger partial charge in [0.05, 0.1) is 11.6 Å². The van der Waals surface area contributed by atoms with Gasteiger partial charge in [0, 0.05) is 16.9 Å². The second-order valence-corrected chi connectivity index (χ2v) is 7.16. The maximum absolute atomic E-state index is 9.12. The summed E-state index contributed by atoms with van der Waals surface area (Å²) in [5, 5.41) is 9.12. The summed E-state index contributed by atoms with van der Waals surface area (Å²) < 4.78 is 6.22. The molecule has 0 radical (unpaired) electrons. The van der Waals surface area contributed by atoms with Crippen molar-refractivity contribution < 1.29 is 4.74 Å². The highest BCUT2D eigenvalue weighted by Crippen LogP contribution is 2.54. The topological polar surface area (TPSA) is 59.0 Å². The fraction of sp³-hybridized carbons (Fsp3) is 0.588. The molecule has 1 aliphatic carbocycles. The highest BCUT2D eigenvalue weighted by atomic mass is 16.5. The van der Waals surface area contributed by atoms with Crippen LogP contribution < -0.4 is 10.5 Å². The van der Waals surface area contributed by atoms with Crippen molar-refractivity contribution in [1.82, 2.24) is 0 Å². The van der Waals surface area contributed by atoms with E-state index in [0.29, 0.717) is 0 Å². The molecule has 20 heavy (non-hydrogen) atoms. The molecule has 1 fully saturated rings. The first-order valence-corrected chi connectivity index (χ1v) is 7.06. The molecule has 0 amide bonds. The fourth-order valence-electron chi connectivity index (χ4n) is 3.76. The van der Waals surface area contributed by atoms with Gasteiger partial charge in [-0.15, -0.1) is 0 Å². The molecule has 1 aromatic rings. The summed E-state index contributed by atoms with van der Waals surface area (Å²) in [7, 11) is 0. The van der Waals surface area contributed by atoms with E-state index in [2.05, 4.69) is 33.8 Å². The monoisotopic (exact) mass is 272 g/mol. The first kappa shape index (κ1) is 14.9. The first-order chi connectivity index (χ1) is 9.12. The molecule has 108 valence electrons. The van der Waals surface area contributed by atoms with Gasteiger partial charge in [-0.3, -0.25) is 0 Å². The van der Waals surface area contributed by atoms with Crippen molar-refractivity contribution in [3.8, 4) is 11.8 Å². The zero-order valence-corrected chi connectivity index (χ0v) is 13.2. The lowest BCUT2D eigenvalue weighted by molar-refractivity contribution is -0.155. The van der Waals surface area contributed by atoms with Crippen molar-refractivity contribution in [3.63, 3.8) is 0 Å². The van der Waals surface area contributed by atoms with Crippen LogP contribution in [0.2, 0.25) is 0 Å². The van der Waals surface area contributed by atoms with Gasteiger partial charge in [-0.05, 0) is 37.1 Å². The maximum atomic E-state index is 9.12.